The first-order valence-electron chi connectivity index (χ1n) is 6.93. The molecule has 0 aromatic rings. The number of hydrogen-bond donors (Lipinski definition) is 3. The smallest absolute Gasteiger partial charge is 0.307 e. The zero-order chi connectivity index (χ0) is 15.7. The average molecular weight is 430 g/mol. The Bertz CT molecular complexity index is 353. The molecule has 1 unspecified atom stereocenters. The Hall–Kier alpha value is -0.260. The Morgan fingerprint density at radius 2 is 2.19 bits per heavy atom. The van der Waals surface area contributed by atoms with Gasteiger partial charge in [0.1, 0.15) is 12.6 Å². The van der Waals surface area contributed by atoms with Gasteiger partial charge in [0.2, 0.25) is 0 Å². The van der Waals surface area contributed by atoms with Gasteiger partial charge >= 0.3 is 5.97 Å². The maximum Gasteiger partial charge on any atom is 0.307 e. The maximum absolute atomic E-state index is 11.5. The molecule has 7 nitrogen and oxygen atoms in total. The second-order valence-electron chi connectivity index (χ2n) is 5.06. The SMILES string of the molecule is N/N=C(/CC(C(=O)O)C1CCCC1)N(N)COCCSI. The summed E-state index contributed by atoms with van der Waals surface area (Å²) in [6, 6.07) is 0. The van der Waals surface area contributed by atoms with Crippen LogP contribution in [-0.2, 0) is 9.53 Å². The van der Waals surface area contributed by atoms with E-state index in [1.807, 2.05) is 0 Å². The van der Waals surface area contributed by atoms with Gasteiger partial charge < -0.3 is 15.7 Å². The summed E-state index contributed by atoms with van der Waals surface area (Å²) in [5, 5.41) is 14.4. The minimum Gasteiger partial charge on any atom is -0.481 e. The third kappa shape index (κ3) is 6.57. The van der Waals surface area contributed by atoms with E-state index in [-0.39, 0.29) is 19.1 Å². The molecular weight excluding hydrogens is 407 g/mol. The van der Waals surface area contributed by atoms with E-state index in [0.717, 1.165) is 31.4 Å². The molecule has 1 aliphatic carbocycles. The Labute approximate surface area is 141 Å². The van der Waals surface area contributed by atoms with Crippen LogP contribution in [0.1, 0.15) is 32.1 Å². The number of nitrogens with two attached hydrogens (primary N) is 2. The summed E-state index contributed by atoms with van der Waals surface area (Å²) in [7, 11) is 1.65. The van der Waals surface area contributed by atoms with E-state index in [0.29, 0.717) is 12.4 Å². The quantitative estimate of drug-likeness (QED) is 0.0972. The number of hydrazine groups is 1. The fourth-order valence-corrected chi connectivity index (χ4v) is 3.30. The molecule has 5 N–H and O–H groups in total. The highest BCUT2D eigenvalue weighted by Gasteiger charge is 2.32. The molecule has 0 aromatic carbocycles. The van der Waals surface area contributed by atoms with Crippen molar-refractivity contribution in [3.63, 3.8) is 0 Å². The van der Waals surface area contributed by atoms with Crippen LogP contribution in [0.5, 0.6) is 0 Å². The topological polar surface area (TPSA) is 114 Å². The van der Waals surface area contributed by atoms with Crippen molar-refractivity contribution in [3.05, 3.63) is 0 Å². The molecule has 0 aliphatic heterocycles. The van der Waals surface area contributed by atoms with Crippen LogP contribution in [-0.4, -0.2) is 41.0 Å². The van der Waals surface area contributed by atoms with Crippen molar-refractivity contribution in [3.8, 4) is 0 Å². The van der Waals surface area contributed by atoms with Gasteiger partial charge in [0.05, 0.1) is 12.5 Å². The number of ether oxygens (including phenoxy) is 1. The molecule has 0 radical (unpaired) electrons. The number of nitrogens with zero attached hydrogens (tertiary/aromatic N) is 2. The molecule has 0 bridgehead atoms. The summed E-state index contributed by atoms with van der Waals surface area (Å²) in [5.74, 6) is 11.4. The van der Waals surface area contributed by atoms with Crippen LogP contribution in [0.15, 0.2) is 5.10 Å². The standard InChI is InChI=1S/C12H23IN4O3S/c13-21-6-5-20-8-17(15)11(16-14)7-10(12(18)19)9-3-1-2-4-9/h9-10H,1-8,14-15H2,(H,18,19)/b16-11-. The van der Waals surface area contributed by atoms with E-state index in [1.165, 1.54) is 5.01 Å². The molecule has 0 aromatic heterocycles. The van der Waals surface area contributed by atoms with Crippen LogP contribution in [0, 0.1) is 11.8 Å². The minimum atomic E-state index is -0.807. The monoisotopic (exact) mass is 430 g/mol. The summed E-state index contributed by atoms with van der Waals surface area (Å²) in [4.78, 5) is 11.5. The number of rotatable bonds is 9. The number of hydrogen-bond acceptors (Lipinski definition) is 6. The maximum atomic E-state index is 11.5. The van der Waals surface area contributed by atoms with Crippen molar-refractivity contribution in [1.82, 2.24) is 5.01 Å². The molecule has 0 spiro atoms. The Morgan fingerprint density at radius 1 is 1.52 bits per heavy atom. The summed E-state index contributed by atoms with van der Waals surface area (Å²) in [6.45, 7) is 0.731. The molecule has 122 valence electrons. The third-order valence-electron chi connectivity index (χ3n) is 3.70. The molecule has 9 heteroatoms. The second-order valence-corrected chi connectivity index (χ2v) is 7.55. The van der Waals surface area contributed by atoms with E-state index in [2.05, 4.69) is 26.3 Å². The first kappa shape index (κ1) is 18.8. The first-order valence-corrected chi connectivity index (χ1v) is 10.5. The molecule has 21 heavy (non-hydrogen) atoms. The number of hydrazone groups is 1. The Morgan fingerprint density at radius 3 is 2.71 bits per heavy atom. The van der Waals surface area contributed by atoms with Crippen molar-refractivity contribution in [2.45, 2.75) is 32.1 Å². The van der Waals surface area contributed by atoms with Gasteiger partial charge in [0, 0.05) is 12.2 Å². The van der Waals surface area contributed by atoms with Crippen molar-refractivity contribution in [2.24, 2.45) is 28.6 Å². The van der Waals surface area contributed by atoms with Crippen LogP contribution in [0.2, 0.25) is 0 Å². The Balaban J connectivity index is 2.51. The van der Waals surface area contributed by atoms with Gasteiger partial charge in [0.15, 0.2) is 0 Å². The summed E-state index contributed by atoms with van der Waals surface area (Å²) < 4.78 is 5.38. The Kier molecular flexibility index (Phi) is 9.36. The van der Waals surface area contributed by atoms with E-state index in [9.17, 15) is 9.90 Å². The number of carboxylic acids is 1. The predicted molar refractivity (Wildman–Crippen MR) is 92.6 cm³/mol. The highest BCUT2D eigenvalue weighted by Crippen LogP contribution is 2.33. The van der Waals surface area contributed by atoms with Crippen molar-refractivity contribution in [1.29, 1.82) is 0 Å². The number of halogens is 1. The molecule has 1 rings (SSSR count). The van der Waals surface area contributed by atoms with Crippen LogP contribution in [0.4, 0.5) is 0 Å². The fraction of sp³-hybridized carbons (Fsp3) is 0.833. The van der Waals surface area contributed by atoms with Crippen LogP contribution < -0.4 is 11.7 Å². The van der Waals surface area contributed by atoms with Crippen molar-refractivity contribution in [2.75, 3.05) is 19.1 Å². The highest BCUT2D eigenvalue weighted by atomic mass is 127. The van der Waals surface area contributed by atoms with Gasteiger partial charge in [-0.3, -0.25) is 9.80 Å². The number of amidine groups is 1. The van der Waals surface area contributed by atoms with Crippen LogP contribution in [0.25, 0.3) is 0 Å². The molecule has 0 saturated heterocycles. The normalized spacial score (nSPS) is 17.9. The predicted octanol–water partition coefficient (Wildman–Crippen LogP) is 1.77. The highest BCUT2D eigenvalue weighted by molar-refractivity contribution is 14.2. The van der Waals surface area contributed by atoms with Crippen LogP contribution >= 0.6 is 30.1 Å². The molecule has 1 atom stereocenters. The summed E-state index contributed by atoms with van der Waals surface area (Å²) >= 11 is 2.19. The third-order valence-corrected chi connectivity index (χ3v) is 5.35. The molecular formula is C12H23IN4O3S. The number of carboxylic acid groups (broad SMARTS) is 1. The van der Waals surface area contributed by atoms with Gasteiger partial charge in [-0.25, -0.2) is 5.84 Å². The lowest BCUT2D eigenvalue weighted by molar-refractivity contribution is -0.143. The summed E-state index contributed by atoms with van der Waals surface area (Å²) in [6.07, 6.45) is 4.32. The zero-order valence-corrected chi connectivity index (χ0v) is 14.9. The van der Waals surface area contributed by atoms with Gasteiger partial charge in [-0.1, -0.05) is 21.8 Å². The second kappa shape index (κ2) is 10.5. The fourth-order valence-electron chi connectivity index (χ4n) is 2.58. The zero-order valence-electron chi connectivity index (χ0n) is 11.9. The van der Waals surface area contributed by atoms with Gasteiger partial charge in [0.25, 0.3) is 0 Å². The molecule has 0 heterocycles. The van der Waals surface area contributed by atoms with Gasteiger partial charge in [-0.05, 0) is 40.0 Å². The summed E-state index contributed by atoms with van der Waals surface area (Å²) in [5.41, 5.74) is 0. The molecule has 1 aliphatic rings. The average Bonchev–Trinajstić information content (AvgIpc) is 2.98. The van der Waals surface area contributed by atoms with E-state index in [4.69, 9.17) is 16.4 Å². The lowest BCUT2D eigenvalue weighted by Gasteiger charge is -2.24. The van der Waals surface area contributed by atoms with Crippen LogP contribution in [0.3, 0.4) is 0 Å². The molecule has 0 amide bonds. The number of aliphatic carboxylic acids is 1. The van der Waals surface area contributed by atoms with E-state index < -0.39 is 11.9 Å². The van der Waals surface area contributed by atoms with Gasteiger partial charge in [-0.15, -0.1) is 0 Å². The first-order chi connectivity index (χ1) is 10.1. The van der Waals surface area contributed by atoms with Crippen molar-refractivity contribution < 1.29 is 14.6 Å². The molecule has 1 saturated carbocycles. The minimum absolute atomic E-state index is 0.157. The van der Waals surface area contributed by atoms with Crippen molar-refractivity contribution >= 4 is 41.9 Å². The largest absolute Gasteiger partial charge is 0.481 e. The number of carbonyl (C=O) groups is 1. The van der Waals surface area contributed by atoms with E-state index >= 15 is 0 Å². The lowest BCUT2D eigenvalue weighted by atomic mass is 9.88. The van der Waals surface area contributed by atoms with E-state index in [1.54, 1.807) is 8.93 Å². The lowest BCUT2D eigenvalue weighted by Crippen LogP contribution is -2.42. The van der Waals surface area contributed by atoms with Gasteiger partial charge in [-0.2, -0.15) is 5.10 Å². The molecule has 1 fully saturated rings.